The fraction of sp³-hybridized carbons (Fsp3) is 0.900. The van der Waals surface area contributed by atoms with Crippen LogP contribution < -0.4 is 0 Å². The molecule has 3 nitrogen and oxygen atoms in total. The molecule has 2 fully saturated rings. The lowest BCUT2D eigenvalue weighted by Gasteiger charge is -2.20. The van der Waals surface area contributed by atoms with Crippen LogP contribution in [0.3, 0.4) is 0 Å². The van der Waals surface area contributed by atoms with Gasteiger partial charge >= 0.3 is 5.97 Å². The summed E-state index contributed by atoms with van der Waals surface area (Å²) in [4.78, 5) is 11.4. The maximum atomic E-state index is 11.4. The van der Waals surface area contributed by atoms with E-state index in [4.69, 9.17) is 9.47 Å². The van der Waals surface area contributed by atoms with Gasteiger partial charge in [-0.3, -0.25) is 4.79 Å². The molecule has 0 amide bonds. The van der Waals surface area contributed by atoms with Gasteiger partial charge in [0.2, 0.25) is 0 Å². The van der Waals surface area contributed by atoms with Crippen molar-refractivity contribution in [2.45, 2.75) is 44.8 Å². The monoisotopic (exact) mass is 184 g/mol. The van der Waals surface area contributed by atoms with Gasteiger partial charge in [-0.15, -0.1) is 0 Å². The molecule has 1 aliphatic carbocycles. The van der Waals surface area contributed by atoms with E-state index in [1.165, 1.54) is 0 Å². The van der Waals surface area contributed by atoms with Gasteiger partial charge in [0.05, 0.1) is 24.2 Å². The summed E-state index contributed by atoms with van der Waals surface area (Å²) in [6.45, 7) is 4.45. The highest BCUT2D eigenvalue weighted by Gasteiger charge is 2.56. The van der Waals surface area contributed by atoms with Crippen molar-refractivity contribution in [2.24, 2.45) is 5.92 Å². The lowest BCUT2D eigenvalue weighted by atomic mass is 9.83. The van der Waals surface area contributed by atoms with E-state index in [1.807, 2.05) is 6.92 Å². The lowest BCUT2D eigenvalue weighted by Crippen LogP contribution is -2.27. The first-order chi connectivity index (χ1) is 6.15. The molecule has 2 aliphatic rings. The first kappa shape index (κ1) is 9.00. The van der Waals surface area contributed by atoms with Crippen molar-refractivity contribution in [2.75, 3.05) is 6.61 Å². The van der Waals surface area contributed by atoms with Crippen LogP contribution in [-0.2, 0) is 14.3 Å². The van der Waals surface area contributed by atoms with E-state index in [9.17, 15) is 4.79 Å². The summed E-state index contributed by atoms with van der Waals surface area (Å²) < 4.78 is 10.5. The maximum Gasteiger partial charge on any atom is 0.309 e. The molecule has 3 atom stereocenters. The quantitative estimate of drug-likeness (QED) is 0.482. The summed E-state index contributed by atoms with van der Waals surface area (Å²) >= 11 is 0. The fourth-order valence-corrected chi connectivity index (χ4v) is 2.12. The molecule has 13 heavy (non-hydrogen) atoms. The topological polar surface area (TPSA) is 38.8 Å². The van der Waals surface area contributed by atoms with Gasteiger partial charge in [0.25, 0.3) is 0 Å². The Labute approximate surface area is 78.4 Å². The molecule has 0 radical (unpaired) electrons. The fourth-order valence-electron chi connectivity index (χ4n) is 2.12. The van der Waals surface area contributed by atoms with Crippen molar-refractivity contribution < 1.29 is 14.3 Å². The molecule has 0 bridgehead atoms. The van der Waals surface area contributed by atoms with Crippen molar-refractivity contribution in [1.82, 2.24) is 0 Å². The lowest BCUT2D eigenvalue weighted by molar-refractivity contribution is -0.149. The highest BCUT2D eigenvalue weighted by Crippen LogP contribution is 2.49. The van der Waals surface area contributed by atoms with Crippen LogP contribution in [-0.4, -0.2) is 24.3 Å². The Balaban J connectivity index is 1.87. The summed E-state index contributed by atoms with van der Waals surface area (Å²) in [5.41, 5.74) is 0.100. The molecule has 2 unspecified atom stereocenters. The molecule has 3 heteroatoms. The Morgan fingerprint density at radius 2 is 2.46 bits per heavy atom. The van der Waals surface area contributed by atoms with Crippen molar-refractivity contribution in [1.29, 1.82) is 0 Å². The molecule has 74 valence electrons. The van der Waals surface area contributed by atoms with Crippen LogP contribution in [0, 0.1) is 5.92 Å². The van der Waals surface area contributed by atoms with Gasteiger partial charge in [0, 0.05) is 0 Å². The highest BCUT2D eigenvalue weighted by molar-refractivity contribution is 5.72. The van der Waals surface area contributed by atoms with Gasteiger partial charge in [0.1, 0.15) is 0 Å². The Bertz CT molecular complexity index is 226. The van der Waals surface area contributed by atoms with Crippen LogP contribution >= 0.6 is 0 Å². The zero-order valence-electron chi connectivity index (χ0n) is 8.21. The summed E-state index contributed by atoms with van der Waals surface area (Å²) in [6.07, 6.45) is 3.10. The smallest absolute Gasteiger partial charge is 0.309 e. The summed E-state index contributed by atoms with van der Waals surface area (Å²) in [5, 5.41) is 0. The average Bonchev–Trinajstić information content (AvgIpc) is 2.75. The third-order valence-corrected chi connectivity index (χ3v) is 3.14. The predicted octanol–water partition coefficient (Wildman–Crippen LogP) is 1.51. The molecule has 0 N–H and O–H groups in total. The number of hydrogen-bond donors (Lipinski definition) is 0. The van der Waals surface area contributed by atoms with Gasteiger partial charge < -0.3 is 9.47 Å². The number of fused-ring (bicyclic) bond motifs is 1. The van der Waals surface area contributed by atoms with Crippen LogP contribution in [0.1, 0.15) is 33.1 Å². The maximum absolute atomic E-state index is 11.4. The molecule has 0 aromatic rings. The molecule has 0 spiro atoms. The van der Waals surface area contributed by atoms with E-state index in [-0.39, 0.29) is 17.5 Å². The number of epoxide rings is 1. The average molecular weight is 184 g/mol. The highest BCUT2D eigenvalue weighted by atomic mass is 16.6. The SMILES string of the molecule is CCOC(=O)[C@H]1CCC2(C)OC2C1. The number of rotatable bonds is 2. The standard InChI is InChI=1S/C10H16O3/c1-3-12-9(11)7-4-5-10(2)8(6-7)13-10/h7-8H,3-6H2,1-2H3/t7-,8?,10?/m0/s1. The molecule has 0 aromatic heterocycles. The van der Waals surface area contributed by atoms with Crippen LogP contribution in [0.4, 0.5) is 0 Å². The first-order valence-corrected chi connectivity index (χ1v) is 5.00. The Morgan fingerprint density at radius 1 is 1.69 bits per heavy atom. The van der Waals surface area contributed by atoms with E-state index in [1.54, 1.807) is 0 Å². The minimum atomic E-state index is -0.0416. The second-order valence-corrected chi connectivity index (χ2v) is 4.14. The molecule has 2 rings (SSSR count). The molecule has 1 saturated carbocycles. The van der Waals surface area contributed by atoms with E-state index >= 15 is 0 Å². The van der Waals surface area contributed by atoms with Crippen LogP contribution in [0.5, 0.6) is 0 Å². The zero-order valence-corrected chi connectivity index (χ0v) is 8.21. The molecule has 1 heterocycles. The number of ether oxygens (including phenoxy) is 2. The van der Waals surface area contributed by atoms with E-state index in [0.717, 1.165) is 19.3 Å². The van der Waals surface area contributed by atoms with Crippen molar-refractivity contribution in [3.63, 3.8) is 0 Å². The minimum absolute atomic E-state index is 0.0416. The van der Waals surface area contributed by atoms with Gasteiger partial charge in [0.15, 0.2) is 0 Å². The molecular formula is C10H16O3. The zero-order chi connectivity index (χ0) is 9.47. The van der Waals surface area contributed by atoms with Crippen molar-refractivity contribution in [3.8, 4) is 0 Å². The van der Waals surface area contributed by atoms with Gasteiger partial charge in [-0.2, -0.15) is 0 Å². The molecular weight excluding hydrogens is 168 g/mol. The first-order valence-electron chi connectivity index (χ1n) is 5.00. The second-order valence-electron chi connectivity index (χ2n) is 4.14. The third-order valence-electron chi connectivity index (χ3n) is 3.14. The number of esters is 1. The van der Waals surface area contributed by atoms with Gasteiger partial charge in [-0.05, 0) is 33.1 Å². The number of carbonyl (C=O) groups is 1. The summed E-state index contributed by atoms with van der Waals surface area (Å²) in [5.74, 6) is 0.0422. The second kappa shape index (κ2) is 2.98. The Hall–Kier alpha value is -0.570. The van der Waals surface area contributed by atoms with Crippen LogP contribution in [0.25, 0.3) is 0 Å². The van der Waals surface area contributed by atoms with Crippen LogP contribution in [0.15, 0.2) is 0 Å². The number of hydrogen-bond acceptors (Lipinski definition) is 3. The minimum Gasteiger partial charge on any atom is -0.466 e. The van der Waals surface area contributed by atoms with Crippen LogP contribution in [0.2, 0.25) is 0 Å². The van der Waals surface area contributed by atoms with Crippen molar-refractivity contribution >= 4 is 5.97 Å². The Morgan fingerprint density at radius 3 is 3.08 bits per heavy atom. The third kappa shape index (κ3) is 1.57. The van der Waals surface area contributed by atoms with Gasteiger partial charge in [-0.1, -0.05) is 0 Å². The Kier molecular flexibility index (Phi) is 2.06. The van der Waals surface area contributed by atoms with Gasteiger partial charge in [-0.25, -0.2) is 0 Å². The summed E-state index contributed by atoms with van der Waals surface area (Å²) in [6, 6.07) is 0. The predicted molar refractivity (Wildman–Crippen MR) is 47.3 cm³/mol. The number of carbonyl (C=O) groups excluding carboxylic acids is 1. The summed E-state index contributed by atoms with van der Waals surface area (Å²) in [7, 11) is 0. The molecule has 0 aromatic carbocycles. The van der Waals surface area contributed by atoms with Crippen molar-refractivity contribution in [3.05, 3.63) is 0 Å². The normalized spacial score (nSPS) is 42.3. The molecule has 1 aliphatic heterocycles. The van der Waals surface area contributed by atoms with E-state index in [2.05, 4.69) is 6.92 Å². The largest absolute Gasteiger partial charge is 0.466 e. The van der Waals surface area contributed by atoms with E-state index < -0.39 is 0 Å². The van der Waals surface area contributed by atoms with E-state index in [0.29, 0.717) is 12.7 Å². The molecule has 1 saturated heterocycles.